The standard InChI is InChI=1S/C6H6.C2H3.Na/c1-2-4-6-5-3-1;1-2;/h1-6H;1H,2H2;. The minimum Gasteiger partial charge on any atom is -0.0623 e. The first-order chi connectivity index (χ1) is 4.41. The van der Waals surface area contributed by atoms with Crippen LogP contribution in [0, 0.1) is 0 Å². The van der Waals surface area contributed by atoms with Crippen LogP contribution in [0.2, 0.25) is 0 Å². The smallest absolute Gasteiger partial charge is 0.0623 e. The second-order valence-corrected chi connectivity index (χ2v) is 2.38. The first-order valence-electron chi connectivity index (χ1n) is 2.99. The molecule has 0 heterocycles. The summed E-state index contributed by atoms with van der Waals surface area (Å²) in [6.07, 6.45) is 0. The fraction of sp³-hybridized carbons (Fsp3) is 0. The zero-order chi connectivity index (χ0) is 6.95. The molecule has 0 unspecified atom stereocenters. The van der Waals surface area contributed by atoms with Gasteiger partial charge in [-0.1, -0.05) is 36.4 Å². The van der Waals surface area contributed by atoms with Crippen molar-refractivity contribution in [2.75, 3.05) is 0 Å². The molecule has 0 saturated heterocycles. The van der Waals surface area contributed by atoms with Crippen molar-refractivity contribution >= 4 is 27.9 Å². The summed E-state index contributed by atoms with van der Waals surface area (Å²) in [5.74, 6) is 0. The summed E-state index contributed by atoms with van der Waals surface area (Å²) < 4.78 is 1.89. The van der Waals surface area contributed by atoms with Gasteiger partial charge in [-0.05, 0) is 0 Å². The summed E-state index contributed by atoms with van der Waals surface area (Å²) in [6.45, 7) is 3.42. The summed E-state index contributed by atoms with van der Waals surface area (Å²) in [5, 5.41) is 0. The summed E-state index contributed by atoms with van der Waals surface area (Å²) in [7, 11) is 0. The molecule has 1 aromatic carbocycles. The van der Waals surface area contributed by atoms with Gasteiger partial charge in [-0.15, -0.1) is 0 Å². The number of benzene rings is 1. The number of hydrogen-bond donors (Lipinski definition) is 0. The Bertz CT molecular complexity index is 108. The van der Waals surface area contributed by atoms with Gasteiger partial charge in [0.15, 0.2) is 0 Å². The van der Waals surface area contributed by atoms with Crippen LogP contribution in [0.4, 0.5) is 0 Å². The van der Waals surface area contributed by atoms with E-state index in [-0.39, 0.29) is 0 Å². The van der Waals surface area contributed by atoms with Crippen LogP contribution in [0.1, 0.15) is 0 Å². The predicted molar refractivity (Wildman–Crippen MR) is 42.4 cm³/mol. The van der Waals surface area contributed by atoms with Crippen molar-refractivity contribution in [3.05, 3.63) is 46.3 Å². The van der Waals surface area contributed by atoms with Crippen LogP contribution in [0.25, 0.3) is 0 Å². The largest absolute Gasteiger partial charge is 0.0623 e. The summed E-state index contributed by atoms with van der Waals surface area (Å²) >= 11 is 1.13. The molecule has 0 N–H and O–H groups in total. The summed E-state index contributed by atoms with van der Waals surface area (Å²) in [4.78, 5) is 0. The fourth-order valence-electron chi connectivity index (χ4n) is 0.385. The molecule has 0 bridgehead atoms. The van der Waals surface area contributed by atoms with Gasteiger partial charge >= 0.3 is 37.8 Å². The fourth-order valence-corrected chi connectivity index (χ4v) is 0.385. The molecular weight excluding hydrogens is 119 g/mol. The molecule has 0 amide bonds. The second kappa shape index (κ2) is 7.96. The monoisotopic (exact) mass is 128 g/mol. The maximum Gasteiger partial charge on any atom is -0.0623 e. The van der Waals surface area contributed by atoms with Crippen LogP contribution in [-0.4, -0.2) is 27.9 Å². The van der Waals surface area contributed by atoms with E-state index < -0.39 is 0 Å². The van der Waals surface area contributed by atoms with Crippen LogP contribution in [0.15, 0.2) is 46.3 Å². The van der Waals surface area contributed by atoms with E-state index in [0.29, 0.717) is 0 Å². The molecule has 0 aliphatic carbocycles. The van der Waals surface area contributed by atoms with Gasteiger partial charge < -0.3 is 0 Å². The molecule has 42 valence electrons. The summed E-state index contributed by atoms with van der Waals surface area (Å²) in [6, 6.07) is 12.0. The van der Waals surface area contributed by atoms with Gasteiger partial charge in [-0.25, -0.2) is 0 Å². The Morgan fingerprint density at radius 2 is 1.00 bits per heavy atom. The Hall–Kier alpha value is -0.0400. The summed E-state index contributed by atoms with van der Waals surface area (Å²) in [5.41, 5.74) is 0. The van der Waals surface area contributed by atoms with Crippen LogP contribution in [0.3, 0.4) is 0 Å². The molecule has 1 rings (SSSR count). The van der Waals surface area contributed by atoms with Crippen molar-refractivity contribution in [3.8, 4) is 0 Å². The van der Waals surface area contributed by atoms with Gasteiger partial charge in [-0.3, -0.25) is 0 Å². The average Bonchev–Trinajstić information content (AvgIpc) is 1.93. The van der Waals surface area contributed by atoms with Gasteiger partial charge in [-0.2, -0.15) is 0 Å². The van der Waals surface area contributed by atoms with E-state index in [0.717, 1.165) is 27.9 Å². The van der Waals surface area contributed by atoms with Crippen molar-refractivity contribution in [3.63, 3.8) is 0 Å². The topological polar surface area (TPSA) is 0 Å². The van der Waals surface area contributed by atoms with Gasteiger partial charge in [0.1, 0.15) is 0 Å². The zero-order valence-electron chi connectivity index (χ0n) is 5.75. The van der Waals surface area contributed by atoms with Crippen molar-refractivity contribution < 1.29 is 0 Å². The minimum absolute atomic E-state index is 1.13. The third kappa shape index (κ3) is 7.96. The Kier molecular flexibility index (Phi) is 7.92. The molecule has 0 aliphatic heterocycles. The maximum absolute atomic E-state index is 3.42. The Morgan fingerprint density at radius 3 is 1.11 bits per heavy atom. The van der Waals surface area contributed by atoms with Crippen LogP contribution >= 0.6 is 0 Å². The molecule has 0 aromatic heterocycles. The van der Waals surface area contributed by atoms with Gasteiger partial charge in [0.25, 0.3) is 0 Å². The van der Waals surface area contributed by atoms with Gasteiger partial charge in [0.2, 0.25) is 0 Å². The van der Waals surface area contributed by atoms with Crippen LogP contribution < -0.4 is 0 Å². The molecule has 0 nitrogen and oxygen atoms in total. The normalized spacial score (nSPS) is 6.89. The van der Waals surface area contributed by atoms with Crippen molar-refractivity contribution in [2.24, 2.45) is 0 Å². The quantitative estimate of drug-likeness (QED) is 0.469. The van der Waals surface area contributed by atoms with E-state index in [2.05, 4.69) is 6.58 Å². The maximum atomic E-state index is 3.42. The third-order valence-corrected chi connectivity index (χ3v) is 0.667. The molecule has 1 aromatic rings. The average molecular weight is 128 g/mol. The van der Waals surface area contributed by atoms with E-state index in [1.165, 1.54) is 0 Å². The van der Waals surface area contributed by atoms with E-state index in [9.17, 15) is 0 Å². The molecule has 0 aliphatic rings. The Morgan fingerprint density at radius 1 is 0.889 bits per heavy atom. The molecule has 1 heteroatoms. The molecule has 0 atom stereocenters. The Labute approximate surface area is 74.0 Å². The van der Waals surface area contributed by atoms with Gasteiger partial charge in [0.05, 0.1) is 0 Å². The van der Waals surface area contributed by atoms with Crippen molar-refractivity contribution in [1.29, 1.82) is 0 Å². The number of rotatable bonds is 0. The second-order valence-electron chi connectivity index (χ2n) is 1.56. The van der Waals surface area contributed by atoms with Gasteiger partial charge in [0, 0.05) is 0 Å². The van der Waals surface area contributed by atoms with E-state index in [4.69, 9.17) is 0 Å². The van der Waals surface area contributed by atoms with E-state index in [1.807, 2.05) is 39.7 Å². The molecule has 0 saturated carbocycles. The zero-order valence-corrected chi connectivity index (χ0v) is 7.75. The minimum atomic E-state index is 1.13. The third-order valence-electron chi connectivity index (χ3n) is 0.667. The van der Waals surface area contributed by atoms with Crippen molar-refractivity contribution in [2.45, 2.75) is 0 Å². The molecule has 9 heavy (non-hydrogen) atoms. The molecule has 0 fully saturated rings. The van der Waals surface area contributed by atoms with Crippen LogP contribution in [0.5, 0.6) is 0 Å². The molecular formula is C8H9Na. The number of hydrogen-bond acceptors (Lipinski definition) is 0. The predicted octanol–water partition coefficient (Wildman–Crippen LogP) is 1.98. The Balaban J connectivity index is 0.000000187. The van der Waals surface area contributed by atoms with Crippen molar-refractivity contribution in [1.82, 2.24) is 0 Å². The van der Waals surface area contributed by atoms with E-state index in [1.54, 1.807) is 0 Å². The first kappa shape index (κ1) is 8.96. The molecule has 0 radical (unpaired) electrons. The first-order valence-corrected chi connectivity index (χ1v) is 4.14. The SMILES string of the molecule is C=[CH][Na].c1ccccc1. The van der Waals surface area contributed by atoms with E-state index >= 15 is 0 Å². The van der Waals surface area contributed by atoms with Crippen LogP contribution in [-0.2, 0) is 0 Å². The molecule has 0 spiro atoms.